The number of carbonyl (C=O) groups excluding carboxylic acids is 2. The van der Waals surface area contributed by atoms with Gasteiger partial charge in [0.25, 0.3) is 5.91 Å². The van der Waals surface area contributed by atoms with Gasteiger partial charge in [-0.05, 0) is 49.8 Å². The van der Waals surface area contributed by atoms with Gasteiger partial charge in [0.2, 0.25) is 0 Å². The van der Waals surface area contributed by atoms with E-state index in [-0.39, 0.29) is 24.0 Å². The molecule has 5 rings (SSSR count). The third kappa shape index (κ3) is 5.39. The molecule has 3 aliphatic rings. The average Bonchev–Trinajstić information content (AvgIpc) is 3.56. The van der Waals surface area contributed by atoms with Gasteiger partial charge < -0.3 is 24.0 Å². The Balaban J connectivity index is 1.36. The molecule has 2 aromatic rings. The molecule has 0 aromatic heterocycles. The third-order valence-electron chi connectivity index (χ3n) is 7.35. The SMILES string of the molecule is COc1ccc(N2CCN(C(=O)C3CCC(=O)O3)[C@@H](Cc3ccccc3)C2)cc1OC1CCCC1. The van der Waals surface area contributed by atoms with E-state index < -0.39 is 6.10 Å². The van der Waals surface area contributed by atoms with Crippen LogP contribution in [0.1, 0.15) is 44.1 Å². The lowest BCUT2D eigenvalue weighted by Gasteiger charge is -2.43. The van der Waals surface area contributed by atoms with Crippen molar-refractivity contribution in [2.45, 2.75) is 63.2 Å². The van der Waals surface area contributed by atoms with Crippen molar-refractivity contribution >= 4 is 17.6 Å². The molecule has 0 radical (unpaired) electrons. The largest absolute Gasteiger partial charge is 0.493 e. The number of carbonyl (C=O) groups is 2. The number of hydrogen-bond donors (Lipinski definition) is 0. The summed E-state index contributed by atoms with van der Waals surface area (Å²) in [5.74, 6) is 1.18. The van der Waals surface area contributed by atoms with Crippen molar-refractivity contribution in [3.63, 3.8) is 0 Å². The number of rotatable bonds is 7. The number of ether oxygens (including phenoxy) is 3. The molecule has 35 heavy (non-hydrogen) atoms. The number of methoxy groups -OCH3 is 1. The standard InChI is InChI=1S/C28H34N2O5/c1-33-24-12-11-21(18-26(24)34-23-9-5-6-10-23)29-15-16-30(28(32)25-13-14-27(31)35-25)22(19-29)17-20-7-3-2-4-8-20/h2-4,7-8,11-12,18,22-23,25H,5-6,9-10,13-17,19H2,1H3/t22-,25?/m0/s1. The van der Waals surface area contributed by atoms with E-state index in [1.165, 1.54) is 18.4 Å². The first-order chi connectivity index (χ1) is 17.1. The van der Waals surface area contributed by atoms with Gasteiger partial charge in [-0.3, -0.25) is 9.59 Å². The van der Waals surface area contributed by atoms with Crippen LogP contribution in [0.4, 0.5) is 5.69 Å². The molecule has 7 nitrogen and oxygen atoms in total. The highest BCUT2D eigenvalue weighted by Crippen LogP contribution is 2.36. The van der Waals surface area contributed by atoms with Crippen LogP contribution in [0.5, 0.6) is 11.5 Å². The Morgan fingerprint density at radius 1 is 1.03 bits per heavy atom. The Bertz CT molecular complexity index is 1040. The lowest BCUT2D eigenvalue weighted by atomic mass is 10.0. The van der Waals surface area contributed by atoms with E-state index in [9.17, 15) is 9.59 Å². The van der Waals surface area contributed by atoms with Gasteiger partial charge in [-0.25, -0.2) is 0 Å². The minimum absolute atomic E-state index is 0.0285. The topological polar surface area (TPSA) is 68.3 Å². The number of esters is 1. The fourth-order valence-electron chi connectivity index (χ4n) is 5.47. The number of hydrogen-bond acceptors (Lipinski definition) is 6. The molecule has 0 spiro atoms. The molecule has 2 saturated heterocycles. The first kappa shape index (κ1) is 23.5. The van der Waals surface area contributed by atoms with Crippen molar-refractivity contribution < 1.29 is 23.8 Å². The fraction of sp³-hybridized carbons (Fsp3) is 0.500. The second kappa shape index (κ2) is 10.6. The van der Waals surface area contributed by atoms with Crippen LogP contribution in [0.2, 0.25) is 0 Å². The maximum Gasteiger partial charge on any atom is 0.306 e. The Hall–Kier alpha value is -3.22. The number of anilines is 1. The Kier molecular flexibility index (Phi) is 7.11. The van der Waals surface area contributed by atoms with Gasteiger partial charge in [-0.15, -0.1) is 0 Å². The third-order valence-corrected chi connectivity index (χ3v) is 7.35. The first-order valence-electron chi connectivity index (χ1n) is 12.7. The van der Waals surface area contributed by atoms with Gasteiger partial charge in [0, 0.05) is 44.2 Å². The minimum Gasteiger partial charge on any atom is -0.493 e. The van der Waals surface area contributed by atoms with Gasteiger partial charge >= 0.3 is 5.97 Å². The van der Waals surface area contributed by atoms with Crippen LogP contribution in [0, 0.1) is 0 Å². The molecule has 1 unspecified atom stereocenters. The second-order valence-corrected chi connectivity index (χ2v) is 9.70. The molecule has 1 amide bonds. The summed E-state index contributed by atoms with van der Waals surface area (Å²) in [5.41, 5.74) is 2.25. The molecule has 2 atom stereocenters. The van der Waals surface area contributed by atoms with Gasteiger partial charge in [0.1, 0.15) is 0 Å². The smallest absolute Gasteiger partial charge is 0.306 e. The highest BCUT2D eigenvalue weighted by molar-refractivity contribution is 5.87. The van der Waals surface area contributed by atoms with Gasteiger partial charge in [-0.2, -0.15) is 0 Å². The van der Waals surface area contributed by atoms with Crippen molar-refractivity contribution in [2.75, 3.05) is 31.6 Å². The van der Waals surface area contributed by atoms with Crippen molar-refractivity contribution in [1.82, 2.24) is 4.90 Å². The Morgan fingerprint density at radius 2 is 1.83 bits per heavy atom. The van der Waals surface area contributed by atoms with Crippen LogP contribution < -0.4 is 14.4 Å². The van der Waals surface area contributed by atoms with E-state index >= 15 is 0 Å². The first-order valence-corrected chi connectivity index (χ1v) is 12.7. The van der Waals surface area contributed by atoms with Crippen LogP contribution in [0.15, 0.2) is 48.5 Å². The normalized spacial score (nSPS) is 22.8. The number of nitrogens with zero attached hydrogens (tertiary/aromatic N) is 2. The predicted molar refractivity (Wildman–Crippen MR) is 133 cm³/mol. The zero-order chi connectivity index (χ0) is 24.2. The van der Waals surface area contributed by atoms with Crippen LogP contribution >= 0.6 is 0 Å². The number of cyclic esters (lactones) is 1. The minimum atomic E-state index is -0.653. The monoisotopic (exact) mass is 478 g/mol. The van der Waals surface area contributed by atoms with Crippen molar-refractivity contribution in [2.24, 2.45) is 0 Å². The second-order valence-electron chi connectivity index (χ2n) is 9.70. The van der Waals surface area contributed by atoms with E-state index in [4.69, 9.17) is 14.2 Å². The van der Waals surface area contributed by atoms with Crippen LogP contribution in [-0.4, -0.2) is 61.8 Å². The van der Waals surface area contributed by atoms with Crippen LogP contribution in [0.3, 0.4) is 0 Å². The van der Waals surface area contributed by atoms with E-state index in [1.54, 1.807) is 7.11 Å². The molecule has 1 aliphatic carbocycles. The summed E-state index contributed by atoms with van der Waals surface area (Å²) in [6.07, 6.45) is 5.70. The number of amides is 1. The van der Waals surface area contributed by atoms with Crippen LogP contribution in [0.25, 0.3) is 0 Å². The van der Waals surface area contributed by atoms with Gasteiger partial charge in [-0.1, -0.05) is 30.3 Å². The fourth-order valence-corrected chi connectivity index (χ4v) is 5.47. The van der Waals surface area contributed by atoms with Crippen molar-refractivity contribution in [3.05, 3.63) is 54.1 Å². The molecule has 3 fully saturated rings. The summed E-state index contributed by atoms with van der Waals surface area (Å²) in [6, 6.07) is 16.3. The van der Waals surface area contributed by atoms with Crippen molar-refractivity contribution in [1.29, 1.82) is 0 Å². The van der Waals surface area contributed by atoms with E-state index in [1.807, 2.05) is 29.2 Å². The molecule has 0 bridgehead atoms. The average molecular weight is 479 g/mol. The maximum absolute atomic E-state index is 13.3. The van der Waals surface area contributed by atoms with Gasteiger partial charge in [0.15, 0.2) is 17.6 Å². The molecule has 2 heterocycles. The lowest BCUT2D eigenvalue weighted by Crippen LogP contribution is -2.58. The molecule has 1 saturated carbocycles. The summed E-state index contributed by atoms with van der Waals surface area (Å²) in [4.78, 5) is 29.2. The maximum atomic E-state index is 13.3. The van der Waals surface area contributed by atoms with E-state index in [0.29, 0.717) is 32.5 Å². The summed E-state index contributed by atoms with van der Waals surface area (Å²) >= 11 is 0. The number of piperazine rings is 1. The summed E-state index contributed by atoms with van der Waals surface area (Å²) in [7, 11) is 1.67. The molecular weight excluding hydrogens is 444 g/mol. The van der Waals surface area contributed by atoms with Crippen LogP contribution in [-0.2, 0) is 20.7 Å². The molecule has 186 valence electrons. The zero-order valence-electron chi connectivity index (χ0n) is 20.4. The Morgan fingerprint density at radius 3 is 2.54 bits per heavy atom. The quantitative estimate of drug-likeness (QED) is 0.561. The van der Waals surface area contributed by atoms with E-state index in [0.717, 1.165) is 36.4 Å². The van der Waals surface area contributed by atoms with E-state index in [2.05, 4.69) is 29.2 Å². The summed E-state index contributed by atoms with van der Waals surface area (Å²) in [6.45, 7) is 1.97. The zero-order valence-corrected chi connectivity index (χ0v) is 20.4. The lowest BCUT2D eigenvalue weighted by molar-refractivity contribution is -0.154. The molecule has 0 N–H and O–H groups in total. The summed E-state index contributed by atoms with van der Waals surface area (Å²) in [5, 5.41) is 0. The van der Waals surface area contributed by atoms with Crippen molar-refractivity contribution in [3.8, 4) is 11.5 Å². The summed E-state index contributed by atoms with van der Waals surface area (Å²) < 4.78 is 17.2. The number of benzene rings is 2. The molecule has 2 aromatic carbocycles. The highest BCUT2D eigenvalue weighted by atomic mass is 16.6. The predicted octanol–water partition coefficient (Wildman–Crippen LogP) is 3.98. The highest BCUT2D eigenvalue weighted by Gasteiger charge is 2.38. The Labute approximate surface area is 206 Å². The molecule has 2 aliphatic heterocycles. The molecular formula is C28H34N2O5. The van der Waals surface area contributed by atoms with Gasteiger partial charge in [0.05, 0.1) is 19.3 Å². The molecule has 7 heteroatoms.